The third kappa shape index (κ3) is 4.83. The van der Waals surface area contributed by atoms with Gasteiger partial charge >= 0.3 is 78.3 Å². The van der Waals surface area contributed by atoms with Crippen LogP contribution in [0.25, 0.3) is 0 Å². The minimum absolute atomic E-state index is 0. The predicted molar refractivity (Wildman–Crippen MR) is 71.9 cm³/mol. The Bertz CT molecular complexity index is 733. The zero-order valence-corrected chi connectivity index (χ0v) is 17.4. The van der Waals surface area contributed by atoms with Gasteiger partial charge in [0.05, 0.1) is 0 Å². The molecule has 0 atom stereocenters. The fraction of sp³-hybridized carbons (Fsp3) is 0.929. The van der Waals surface area contributed by atoms with Gasteiger partial charge in [-0.25, -0.2) is 0 Å². The maximum Gasteiger partial charge on any atom is 1.00 e. The third-order valence-electron chi connectivity index (χ3n) is 4.14. The van der Waals surface area contributed by atoms with Crippen LogP contribution in [0.5, 0.6) is 0 Å². The van der Waals surface area contributed by atoms with E-state index in [9.17, 15) is 92.2 Å². The van der Waals surface area contributed by atoms with Crippen LogP contribution in [0.15, 0.2) is 0 Å². The Balaban J connectivity index is -0.00000544. The summed E-state index contributed by atoms with van der Waals surface area (Å²) in [6.07, 6.45) is -11.8. The second-order valence-electron chi connectivity index (χ2n) is 6.55. The Morgan fingerprint density at radius 1 is 0.361 bits per heavy atom. The van der Waals surface area contributed by atoms with Gasteiger partial charge in [-0.1, -0.05) is 13.3 Å². The molecule has 0 aromatic heterocycles. The first-order valence-corrected chi connectivity index (χ1v) is 7.78. The molecule has 36 heavy (non-hydrogen) atoms. The largest absolute Gasteiger partial charge is 1.00 e. The van der Waals surface area contributed by atoms with Crippen LogP contribution in [0.4, 0.5) is 92.2 Å². The van der Waals surface area contributed by atoms with Gasteiger partial charge in [-0.15, -0.1) is 0 Å². The Labute approximate surface area is 198 Å². The van der Waals surface area contributed by atoms with Crippen LogP contribution >= 0.6 is 0 Å². The van der Waals surface area contributed by atoms with Crippen LogP contribution in [0.2, 0.25) is 0 Å². The van der Waals surface area contributed by atoms with Crippen molar-refractivity contribution in [3.63, 3.8) is 0 Å². The zero-order chi connectivity index (χ0) is 28.4. The third-order valence-corrected chi connectivity index (χ3v) is 4.14. The Morgan fingerprint density at radius 3 is 0.750 bits per heavy atom. The normalized spacial score (nSPS) is 15.8. The van der Waals surface area contributed by atoms with Crippen molar-refractivity contribution in [2.75, 3.05) is 0 Å². The van der Waals surface area contributed by atoms with Crippen molar-refractivity contribution in [2.24, 2.45) is 0 Å². The Hall–Kier alpha value is -0.873. The van der Waals surface area contributed by atoms with Gasteiger partial charge in [0.15, 0.2) is 0 Å². The molecule has 214 valence electrons. The molecule has 0 aliphatic heterocycles. The van der Waals surface area contributed by atoms with E-state index in [0.717, 1.165) is 0 Å². The molecule has 0 aliphatic rings. The minimum Gasteiger partial charge on any atom is -0.358 e. The van der Waals surface area contributed by atoms with Crippen molar-refractivity contribution >= 4 is 0 Å². The molecular weight excluding hydrogens is 574 g/mol. The first kappa shape index (κ1) is 39.6. The standard InChI is InChI=1S/C13H7F21.CH3.Li/c1-2-3-4(14,15)5(16,17)6(18,19)7(20,21)8(22,23)9(24,25)10(26,27)11(28,29)12(30,31)13(32,33)34;;/h2-3H2,1H3;1H3;/q;-1;+1. The number of halogens is 21. The molecule has 0 fully saturated rings. The van der Waals surface area contributed by atoms with Crippen LogP contribution in [0.3, 0.4) is 0 Å². The van der Waals surface area contributed by atoms with Gasteiger partial charge in [-0.3, -0.25) is 0 Å². The van der Waals surface area contributed by atoms with E-state index in [0.29, 0.717) is 6.92 Å². The summed E-state index contributed by atoms with van der Waals surface area (Å²) in [5.41, 5.74) is 0. The van der Waals surface area contributed by atoms with Crippen LogP contribution in [0.1, 0.15) is 19.8 Å². The second kappa shape index (κ2) is 10.0. The topological polar surface area (TPSA) is 0 Å². The number of hydrogen-bond acceptors (Lipinski definition) is 0. The van der Waals surface area contributed by atoms with E-state index in [1.54, 1.807) is 0 Å². The van der Waals surface area contributed by atoms with Gasteiger partial charge in [0.25, 0.3) is 0 Å². The quantitative estimate of drug-likeness (QED) is 0.180. The van der Waals surface area contributed by atoms with Crippen LogP contribution in [0, 0.1) is 7.43 Å². The average molecular weight is 584 g/mol. The Kier molecular flexibility index (Phi) is 11.0. The summed E-state index contributed by atoms with van der Waals surface area (Å²) >= 11 is 0. The molecule has 0 aromatic rings. The fourth-order valence-electron chi connectivity index (χ4n) is 2.06. The van der Waals surface area contributed by atoms with Gasteiger partial charge in [-0.05, 0) is 0 Å². The molecule has 0 spiro atoms. The summed E-state index contributed by atoms with van der Waals surface area (Å²) < 4.78 is 273. The molecule has 0 bridgehead atoms. The van der Waals surface area contributed by atoms with E-state index < -0.39 is 72.3 Å². The summed E-state index contributed by atoms with van der Waals surface area (Å²) in [4.78, 5) is 0. The van der Waals surface area contributed by atoms with Gasteiger partial charge < -0.3 is 7.43 Å². The molecule has 22 heteroatoms. The monoisotopic (exact) mass is 584 g/mol. The minimum atomic E-state index is -9.12. The molecule has 0 aromatic carbocycles. The maximum absolute atomic E-state index is 13.4. The smallest absolute Gasteiger partial charge is 0.358 e. The van der Waals surface area contributed by atoms with Crippen molar-refractivity contribution in [1.29, 1.82) is 0 Å². The second-order valence-corrected chi connectivity index (χ2v) is 6.55. The zero-order valence-electron chi connectivity index (χ0n) is 17.4. The summed E-state index contributed by atoms with van der Waals surface area (Å²) in [7, 11) is 0. The molecule has 0 N–H and O–H groups in total. The average Bonchev–Trinajstić information content (AvgIpc) is 2.59. The molecule has 0 rings (SSSR count). The van der Waals surface area contributed by atoms with Crippen molar-refractivity contribution in [3.8, 4) is 0 Å². The van der Waals surface area contributed by atoms with E-state index >= 15 is 0 Å². The van der Waals surface area contributed by atoms with E-state index in [1.807, 2.05) is 0 Å². The van der Waals surface area contributed by atoms with Crippen LogP contribution in [-0.4, -0.2) is 59.5 Å². The van der Waals surface area contributed by atoms with Gasteiger partial charge in [0.2, 0.25) is 0 Å². The summed E-state index contributed by atoms with van der Waals surface area (Å²) in [5, 5.41) is 0. The van der Waals surface area contributed by atoms with E-state index in [1.165, 1.54) is 0 Å². The number of rotatable bonds is 10. The molecule has 0 heterocycles. The van der Waals surface area contributed by atoms with Crippen molar-refractivity contribution in [3.05, 3.63) is 7.43 Å². The SMILES string of the molecule is CCCC(F)(F)C(F)(F)C(F)(F)C(F)(F)C(F)(F)C(F)(F)C(F)(F)C(F)(F)C(F)(F)C(F)(F)F.[CH3-].[Li+]. The first-order chi connectivity index (χ1) is 14.3. The van der Waals surface area contributed by atoms with E-state index in [2.05, 4.69) is 0 Å². The van der Waals surface area contributed by atoms with Crippen LogP contribution < -0.4 is 18.9 Å². The predicted octanol–water partition coefficient (Wildman–Crippen LogP) is 5.52. The van der Waals surface area contributed by atoms with Gasteiger partial charge in [0, 0.05) is 6.42 Å². The van der Waals surface area contributed by atoms with Crippen molar-refractivity contribution in [2.45, 2.75) is 79.2 Å². The van der Waals surface area contributed by atoms with Crippen LogP contribution in [-0.2, 0) is 0 Å². The molecule has 0 unspecified atom stereocenters. The molecule has 0 amide bonds. The fourth-order valence-corrected chi connectivity index (χ4v) is 2.06. The summed E-state index contributed by atoms with van der Waals surface area (Å²) in [6.45, 7) is 0.479. The van der Waals surface area contributed by atoms with E-state index in [-0.39, 0.29) is 26.3 Å². The molecule has 0 aliphatic carbocycles. The van der Waals surface area contributed by atoms with Crippen molar-refractivity contribution < 1.29 is 111 Å². The maximum atomic E-state index is 13.4. The molecule has 0 radical (unpaired) electrons. The summed E-state index contributed by atoms with van der Waals surface area (Å²) in [6, 6.07) is 0. The van der Waals surface area contributed by atoms with Gasteiger partial charge in [-0.2, -0.15) is 92.2 Å². The Morgan fingerprint density at radius 2 is 0.556 bits per heavy atom. The van der Waals surface area contributed by atoms with Gasteiger partial charge in [0.1, 0.15) is 0 Å². The molecular formula is C14H10F21Li. The summed E-state index contributed by atoms with van der Waals surface area (Å²) in [5.74, 6) is -76.2. The van der Waals surface area contributed by atoms with E-state index in [4.69, 9.17) is 0 Å². The first-order valence-electron chi connectivity index (χ1n) is 7.78. The number of alkyl halides is 21. The molecule has 0 saturated heterocycles. The molecule has 0 saturated carbocycles. The molecule has 0 nitrogen and oxygen atoms in total. The van der Waals surface area contributed by atoms with Crippen molar-refractivity contribution in [1.82, 2.24) is 0 Å². The number of hydrogen-bond donors (Lipinski definition) is 0.